The van der Waals surface area contributed by atoms with Crippen molar-refractivity contribution in [2.24, 2.45) is 0 Å². The normalized spacial score (nSPS) is 25.4. The number of anilines is 1. The number of para-hydroxylation sites is 1. The van der Waals surface area contributed by atoms with Crippen molar-refractivity contribution < 1.29 is 46.0 Å². The summed E-state index contributed by atoms with van der Waals surface area (Å²) in [5.74, 6) is -2.64. The second-order valence-corrected chi connectivity index (χ2v) is 12.0. The molecular weight excluding hydrogens is 571 g/mol. The number of nitrogens with zero attached hydrogens (tertiary/aromatic N) is 2. The van der Waals surface area contributed by atoms with Crippen LogP contribution in [0.25, 0.3) is 0 Å². The van der Waals surface area contributed by atoms with Crippen LogP contribution < -0.4 is 21.0 Å². The van der Waals surface area contributed by atoms with Gasteiger partial charge in [-0.3, -0.25) is 9.36 Å². The van der Waals surface area contributed by atoms with Gasteiger partial charge in [0.15, 0.2) is 29.6 Å². The number of nitrogens with two attached hydrogens (primary N) is 1. The van der Waals surface area contributed by atoms with Crippen LogP contribution in [0.5, 0.6) is 5.75 Å². The first-order valence-corrected chi connectivity index (χ1v) is 14.1. The lowest BCUT2D eigenvalue weighted by molar-refractivity contribution is -0.182. The molecule has 0 bridgehead atoms. The number of carbonyl (C=O) groups is 1. The van der Waals surface area contributed by atoms with Gasteiger partial charge >= 0.3 is 18.3 Å². The molecule has 1 fully saturated rings. The van der Waals surface area contributed by atoms with Crippen LogP contribution in [0.2, 0.25) is 0 Å². The third-order valence-corrected chi connectivity index (χ3v) is 7.94. The molecule has 6 atom stereocenters. The SMILES string of the molecule is CC(C)OC(=O)[C@H](C)NP(=S)(OC[C@@]1(C(F)F)O[C@@H](n2cc(F)c(N)nc2=O)[C@H](O)[C@H]1F)Oc1ccccc1. The summed E-state index contributed by atoms with van der Waals surface area (Å²) >= 11 is 5.44. The van der Waals surface area contributed by atoms with Crippen molar-refractivity contribution in [1.29, 1.82) is 0 Å². The minimum Gasteiger partial charge on any atom is -0.462 e. The van der Waals surface area contributed by atoms with Crippen molar-refractivity contribution in [2.45, 2.75) is 63.4 Å². The van der Waals surface area contributed by atoms with Gasteiger partial charge in [-0.25, -0.2) is 27.4 Å². The molecule has 4 N–H and O–H groups in total. The lowest BCUT2D eigenvalue weighted by Gasteiger charge is -2.33. The van der Waals surface area contributed by atoms with Crippen LogP contribution in [0.4, 0.5) is 23.4 Å². The zero-order valence-electron chi connectivity index (χ0n) is 20.9. The summed E-state index contributed by atoms with van der Waals surface area (Å²) in [5, 5.41) is 13.0. The molecule has 17 heteroatoms. The van der Waals surface area contributed by atoms with Gasteiger partial charge < -0.3 is 29.4 Å². The van der Waals surface area contributed by atoms with Crippen molar-refractivity contribution in [1.82, 2.24) is 14.6 Å². The Morgan fingerprint density at radius 2 is 1.97 bits per heavy atom. The van der Waals surface area contributed by atoms with Crippen molar-refractivity contribution >= 4 is 30.2 Å². The summed E-state index contributed by atoms with van der Waals surface area (Å²) in [4.78, 5) is 27.7. The number of aliphatic hydroxyl groups is 1. The van der Waals surface area contributed by atoms with E-state index in [-0.39, 0.29) is 5.75 Å². The third-order valence-electron chi connectivity index (χ3n) is 5.46. The maximum Gasteiger partial charge on any atom is 0.351 e. The highest BCUT2D eigenvalue weighted by Gasteiger charge is 2.62. The fourth-order valence-corrected chi connectivity index (χ4v) is 5.94. The smallest absolute Gasteiger partial charge is 0.351 e. The minimum absolute atomic E-state index is 0.140. The summed E-state index contributed by atoms with van der Waals surface area (Å²) < 4.78 is 79.8. The molecule has 1 aromatic heterocycles. The monoisotopic (exact) mass is 598 g/mol. The number of esters is 1. The number of ether oxygens (including phenoxy) is 2. The standard InChI is InChI=1S/C22H27F4N4O7PS/c1-11(2)35-19(32)12(3)29-38(39,37-13-7-5-4-6-8-13)34-10-22(20(25)26)16(24)15(31)18(36-22)30-9-14(23)17(27)28-21(30)33/h4-9,11-12,15-16,18,20,31H,10H2,1-3H3,(H,29,39)(H2,27,28,33)/t12-,15+,16+,18+,22+,38?/m0/s1. The highest BCUT2D eigenvalue weighted by molar-refractivity contribution is 8.09. The van der Waals surface area contributed by atoms with E-state index in [0.29, 0.717) is 10.8 Å². The fraction of sp³-hybridized carbons (Fsp3) is 0.500. The van der Waals surface area contributed by atoms with Crippen LogP contribution in [-0.2, 0) is 30.6 Å². The van der Waals surface area contributed by atoms with E-state index < -0.39 is 79.2 Å². The molecule has 2 aromatic rings. The predicted molar refractivity (Wildman–Crippen MR) is 134 cm³/mol. The van der Waals surface area contributed by atoms with Gasteiger partial charge in [-0.15, -0.1) is 0 Å². The molecule has 39 heavy (non-hydrogen) atoms. The maximum atomic E-state index is 15.3. The van der Waals surface area contributed by atoms with Crippen LogP contribution in [0, 0.1) is 5.82 Å². The van der Waals surface area contributed by atoms with Crippen molar-refractivity contribution in [3.05, 3.63) is 52.8 Å². The largest absolute Gasteiger partial charge is 0.462 e. The maximum absolute atomic E-state index is 15.3. The number of nitrogen functional groups attached to an aromatic ring is 1. The van der Waals surface area contributed by atoms with Gasteiger partial charge in [0.2, 0.25) is 0 Å². The molecule has 0 spiro atoms. The second kappa shape index (κ2) is 12.3. The van der Waals surface area contributed by atoms with Crippen LogP contribution in [0.1, 0.15) is 27.0 Å². The summed E-state index contributed by atoms with van der Waals surface area (Å²) in [6.07, 6.45) is -11.0. The molecule has 1 aromatic carbocycles. The summed E-state index contributed by atoms with van der Waals surface area (Å²) in [6, 6.07) is 6.65. The Morgan fingerprint density at radius 1 is 1.33 bits per heavy atom. The Kier molecular flexibility index (Phi) is 9.73. The lowest BCUT2D eigenvalue weighted by atomic mass is 9.98. The number of alkyl halides is 3. The Labute approximate surface area is 225 Å². The Hall–Kier alpha value is -2.62. The summed E-state index contributed by atoms with van der Waals surface area (Å²) in [5.41, 5.74) is 0.749. The molecule has 2 heterocycles. The second-order valence-electron chi connectivity index (χ2n) is 8.83. The van der Waals surface area contributed by atoms with E-state index in [4.69, 9.17) is 36.1 Å². The first-order valence-electron chi connectivity index (χ1n) is 11.5. The van der Waals surface area contributed by atoms with Crippen molar-refractivity contribution in [3.8, 4) is 5.75 Å². The fourth-order valence-electron chi connectivity index (χ4n) is 3.52. The number of hydrogen-bond acceptors (Lipinski definition) is 10. The predicted octanol–water partition coefficient (Wildman–Crippen LogP) is 2.45. The molecule has 0 amide bonds. The zero-order chi connectivity index (χ0) is 29.1. The van der Waals surface area contributed by atoms with Crippen LogP contribution in [0.3, 0.4) is 0 Å². The topological polar surface area (TPSA) is 147 Å². The first kappa shape index (κ1) is 30.9. The van der Waals surface area contributed by atoms with Crippen molar-refractivity contribution in [2.75, 3.05) is 12.3 Å². The van der Waals surface area contributed by atoms with Gasteiger partial charge in [0.1, 0.15) is 17.9 Å². The molecule has 1 aliphatic rings. The average Bonchev–Trinajstić information content (AvgIpc) is 3.11. The van der Waals surface area contributed by atoms with E-state index in [1.807, 2.05) is 0 Å². The molecule has 1 saturated heterocycles. The molecule has 3 rings (SSSR count). The molecule has 0 radical (unpaired) electrons. The van der Waals surface area contributed by atoms with Crippen LogP contribution in [-0.4, -0.2) is 63.7 Å². The highest BCUT2D eigenvalue weighted by Crippen LogP contribution is 2.50. The lowest BCUT2D eigenvalue weighted by Crippen LogP contribution is -2.51. The highest BCUT2D eigenvalue weighted by atomic mass is 32.5. The van der Waals surface area contributed by atoms with Gasteiger partial charge in [0.05, 0.1) is 18.9 Å². The molecule has 1 unspecified atom stereocenters. The van der Waals surface area contributed by atoms with Crippen LogP contribution in [0.15, 0.2) is 41.3 Å². The average molecular weight is 599 g/mol. The molecule has 11 nitrogen and oxygen atoms in total. The van der Waals surface area contributed by atoms with E-state index in [0.717, 1.165) is 0 Å². The minimum atomic E-state index is -3.93. The zero-order valence-corrected chi connectivity index (χ0v) is 22.6. The molecule has 0 saturated carbocycles. The van der Waals surface area contributed by atoms with E-state index in [2.05, 4.69) is 10.1 Å². The van der Waals surface area contributed by atoms with Gasteiger partial charge in [0, 0.05) is 0 Å². The number of hydrogen-bond donors (Lipinski definition) is 3. The number of aromatic nitrogens is 2. The Morgan fingerprint density at radius 3 is 2.56 bits per heavy atom. The number of aliphatic hydroxyl groups excluding tert-OH is 1. The van der Waals surface area contributed by atoms with Crippen LogP contribution >= 0.6 is 6.64 Å². The Balaban J connectivity index is 1.92. The van der Waals surface area contributed by atoms with Gasteiger partial charge in [-0.1, -0.05) is 18.2 Å². The Bertz CT molecular complexity index is 1270. The number of rotatable bonds is 11. The summed E-state index contributed by atoms with van der Waals surface area (Å²) in [7, 11) is 0. The number of nitrogens with one attached hydrogen (secondary N) is 1. The van der Waals surface area contributed by atoms with Gasteiger partial charge in [-0.2, -0.15) is 4.98 Å². The quantitative estimate of drug-likeness (QED) is 0.199. The van der Waals surface area contributed by atoms with E-state index in [9.17, 15) is 27.9 Å². The molecule has 0 aliphatic carbocycles. The summed E-state index contributed by atoms with van der Waals surface area (Å²) in [6.45, 7) is -0.646. The first-order chi connectivity index (χ1) is 18.2. The van der Waals surface area contributed by atoms with Crippen molar-refractivity contribution in [3.63, 3.8) is 0 Å². The molecular formula is C22H27F4N4O7PS. The van der Waals surface area contributed by atoms with Gasteiger partial charge in [0.25, 0.3) is 6.43 Å². The van der Waals surface area contributed by atoms with E-state index in [1.165, 1.54) is 19.1 Å². The van der Waals surface area contributed by atoms with E-state index in [1.54, 1.807) is 32.0 Å². The number of carbonyl (C=O) groups excluding carboxylic acids is 1. The number of benzene rings is 1. The third kappa shape index (κ3) is 6.94. The van der Waals surface area contributed by atoms with E-state index >= 15 is 4.39 Å². The number of halogens is 4. The molecule has 1 aliphatic heterocycles. The molecule has 216 valence electrons. The van der Waals surface area contributed by atoms with Gasteiger partial charge in [-0.05, 0) is 44.7 Å².